The van der Waals surface area contributed by atoms with Crippen molar-refractivity contribution in [2.75, 3.05) is 6.54 Å². The van der Waals surface area contributed by atoms with Gasteiger partial charge in [0.2, 0.25) is 5.91 Å². The molecule has 0 saturated heterocycles. The summed E-state index contributed by atoms with van der Waals surface area (Å²) in [6.07, 6.45) is 9.06. The molecule has 0 bridgehead atoms. The topological polar surface area (TPSA) is 95.5 Å². The van der Waals surface area contributed by atoms with E-state index in [4.69, 9.17) is 5.11 Å². The number of amides is 3. The monoisotopic (exact) mass is 300 g/mol. The van der Waals surface area contributed by atoms with Gasteiger partial charge in [0.05, 0.1) is 6.42 Å². The molecule has 0 fully saturated rings. The van der Waals surface area contributed by atoms with Crippen LogP contribution in [-0.4, -0.2) is 29.6 Å². The molecular weight excluding hydrogens is 272 g/mol. The lowest BCUT2D eigenvalue weighted by Gasteiger charge is -2.06. The number of hydrogen-bond acceptors (Lipinski definition) is 3. The molecule has 0 heterocycles. The largest absolute Gasteiger partial charge is 0.481 e. The van der Waals surface area contributed by atoms with E-state index in [1.807, 2.05) is 0 Å². The van der Waals surface area contributed by atoms with Gasteiger partial charge in [0.25, 0.3) is 0 Å². The van der Waals surface area contributed by atoms with Crippen molar-refractivity contribution in [1.29, 1.82) is 0 Å². The highest BCUT2D eigenvalue weighted by atomic mass is 16.4. The normalized spacial score (nSPS) is 10.1. The molecule has 0 aromatic rings. The fourth-order valence-corrected chi connectivity index (χ4v) is 1.91. The summed E-state index contributed by atoms with van der Waals surface area (Å²) in [6, 6.07) is -0.548. The van der Waals surface area contributed by atoms with Gasteiger partial charge in [-0.1, -0.05) is 51.9 Å². The van der Waals surface area contributed by atoms with Crippen LogP contribution in [0.1, 0.15) is 71.1 Å². The summed E-state index contributed by atoms with van der Waals surface area (Å²) in [5, 5.41) is 13.1. The van der Waals surface area contributed by atoms with Gasteiger partial charge in [0.1, 0.15) is 0 Å². The van der Waals surface area contributed by atoms with Gasteiger partial charge in [-0.25, -0.2) is 4.79 Å². The number of nitrogens with one attached hydrogen (secondary N) is 2. The molecule has 21 heavy (non-hydrogen) atoms. The van der Waals surface area contributed by atoms with Gasteiger partial charge in [0, 0.05) is 13.0 Å². The highest BCUT2D eigenvalue weighted by Gasteiger charge is 2.08. The number of carbonyl (C=O) groups excluding carboxylic acids is 2. The Morgan fingerprint density at radius 3 is 2.00 bits per heavy atom. The van der Waals surface area contributed by atoms with Gasteiger partial charge in [-0.05, 0) is 6.42 Å². The van der Waals surface area contributed by atoms with Crippen LogP contribution in [0.25, 0.3) is 0 Å². The number of rotatable bonds is 12. The second-order valence-corrected chi connectivity index (χ2v) is 5.17. The Hall–Kier alpha value is -1.59. The van der Waals surface area contributed by atoms with E-state index in [9.17, 15) is 14.4 Å². The fraction of sp³-hybridized carbons (Fsp3) is 0.800. The summed E-state index contributed by atoms with van der Waals surface area (Å²) >= 11 is 0. The molecule has 0 atom stereocenters. The van der Waals surface area contributed by atoms with Gasteiger partial charge in [-0.15, -0.1) is 0 Å². The predicted molar refractivity (Wildman–Crippen MR) is 81.0 cm³/mol. The molecule has 0 aliphatic carbocycles. The number of urea groups is 1. The van der Waals surface area contributed by atoms with E-state index < -0.39 is 17.9 Å². The molecule has 0 unspecified atom stereocenters. The molecule has 0 saturated carbocycles. The maximum Gasteiger partial charge on any atom is 0.321 e. The second-order valence-electron chi connectivity index (χ2n) is 5.17. The third-order valence-corrected chi connectivity index (χ3v) is 3.13. The Morgan fingerprint density at radius 1 is 0.857 bits per heavy atom. The van der Waals surface area contributed by atoms with Crippen LogP contribution in [0.15, 0.2) is 0 Å². The summed E-state index contributed by atoms with van der Waals surface area (Å²) in [4.78, 5) is 32.8. The number of carbonyl (C=O) groups is 3. The molecule has 0 aliphatic heterocycles. The SMILES string of the molecule is CCCCCCCCCCNC(=O)NC(=O)CCC(=O)O. The minimum absolute atomic E-state index is 0.180. The fourth-order valence-electron chi connectivity index (χ4n) is 1.91. The van der Waals surface area contributed by atoms with E-state index in [0.29, 0.717) is 6.54 Å². The number of imide groups is 1. The molecule has 0 rings (SSSR count). The van der Waals surface area contributed by atoms with Crippen molar-refractivity contribution in [2.45, 2.75) is 71.1 Å². The molecular formula is C15H28N2O4. The summed E-state index contributed by atoms with van der Waals surface area (Å²) in [5.41, 5.74) is 0. The highest BCUT2D eigenvalue weighted by Crippen LogP contribution is 2.07. The Morgan fingerprint density at radius 2 is 1.43 bits per heavy atom. The number of carboxylic acid groups (broad SMARTS) is 1. The highest BCUT2D eigenvalue weighted by molar-refractivity contribution is 5.95. The van der Waals surface area contributed by atoms with Crippen molar-refractivity contribution < 1.29 is 19.5 Å². The van der Waals surface area contributed by atoms with Gasteiger partial charge in [-0.3, -0.25) is 14.9 Å². The third kappa shape index (κ3) is 14.6. The van der Waals surface area contributed by atoms with Crippen LogP contribution in [0.5, 0.6) is 0 Å². The first-order valence-corrected chi connectivity index (χ1v) is 7.85. The summed E-state index contributed by atoms with van der Waals surface area (Å²) in [6.45, 7) is 2.73. The molecule has 0 aromatic heterocycles. The molecule has 3 amide bonds. The van der Waals surface area contributed by atoms with Crippen molar-refractivity contribution in [3.63, 3.8) is 0 Å². The number of carboxylic acids is 1. The second kappa shape index (κ2) is 13.4. The van der Waals surface area contributed by atoms with E-state index in [2.05, 4.69) is 17.6 Å². The van der Waals surface area contributed by atoms with E-state index in [-0.39, 0.29) is 12.8 Å². The minimum atomic E-state index is -1.05. The molecule has 0 aromatic carbocycles. The van der Waals surface area contributed by atoms with Gasteiger partial charge in [-0.2, -0.15) is 0 Å². The number of unbranched alkanes of at least 4 members (excludes halogenated alkanes) is 7. The van der Waals surface area contributed by atoms with E-state index in [1.54, 1.807) is 0 Å². The van der Waals surface area contributed by atoms with Crippen LogP contribution in [0.3, 0.4) is 0 Å². The zero-order valence-electron chi connectivity index (χ0n) is 13.0. The molecule has 3 N–H and O–H groups in total. The zero-order chi connectivity index (χ0) is 15.9. The molecule has 6 heteroatoms. The Bertz CT molecular complexity index is 319. The molecule has 0 spiro atoms. The van der Waals surface area contributed by atoms with Crippen LogP contribution in [0.2, 0.25) is 0 Å². The summed E-state index contributed by atoms with van der Waals surface area (Å²) in [5.74, 6) is -1.62. The first-order valence-electron chi connectivity index (χ1n) is 7.85. The van der Waals surface area contributed by atoms with Crippen LogP contribution < -0.4 is 10.6 Å². The van der Waals surface area contributed by atoms with Crippen molar-refractivity contribution >= 4 is 17.9 Å². The quantitative estimate of drug-likeness (QED) is 0.483. The van der Waals surface area contributed by atoms with Gasteiger partial charge >= 0.3 is 12.0 Å². The Kier molecular flexibility index (Phi) is 12.4. The lowest BCUT2D eigenvalue weighted by Crippen LogP contribution is -2.39. The lowest BCUT2D eigenvalue weighted by atomic mass is 10.1. The maximum atomic E-state index is 11.3. The third-order valence-electron chi connectivity index (χ3n) is 3.13. The predicted octanol–water partition coefficient (Wildman–Crippen LogP) is 2.82. The average molecular weight is 300 g/mol. The smallest absolute Gasteiger partial charge is 0.321 e. The molecule has 122 valence electrons. The molecule has 0 aliphatic rings. The van der Waals surface area contributed by atoms with Crippen LogP contribution in [0.4, 0.5) is 4.79 Å². The van der Waals surface area contributed by atoms with Crippen molar-refractivity contribution in [2.24, 2.45) is 0 Å². The van der Waals surface area contributed by atoms with Crippen molar-refractivity contribution in [1.82, 2.24) is 10.6 Å². The summed E-state index contributed by atoms with van der Waals surface area (Å²) < 4.78 is 0. The average Bonchev–Trinajstić information content (AvgIpc) is 2.43. The van der Waals surface area contributed by atoms with Crippen molar-refractivity contribution in [3.05, 3.63) is 0 Å². The first kappa shape index (κ1) is 19.4. The van der Waals surface area contributed by atoms with Crippen LogP contribution in [-0.2, 0) is 9.59 Å². The van der Waals surface area contributed by atoms with E-state index in [0.717, 1.165) is 12.8 Å². The molecule has 0 radical (unpaired) electrons. The maximum absolute atomic E-state index is 11.3. The van der Waals surface area contributed by atoms with E-state index in [1.165, 1.54) is 38.5 Å². The Balaban J connectivity index is 3.37. The van der Waals surface area contributed by atoms with Gasteiger partial charge in [0.15, 0.2) is 0 Å². The Labute approximate surface area is 126 Å². The summed E-state index contributed by atoms with van der Waals surface area (Å²) in [7, 11) is 0. The van der Waals surface area contributed by atoms with Crippen molar-refractivity contribution in [3.8, 4) is 0 Å². The number of hydrogen-bond donors (Lipinski definition) is 3. The van der Waals surface area contributed by atoms with E-state index >= 15 is 0 Å². The zero-order valence-corrected chi connectivity index (χ0v) is 13.0. The lowest BCUT2D eigenvalue weighted by molar-refractivity contribution is -0.138. The standard InChI is InChI=1S/C15H28N2O4/c1-2-3-4-5-6-7-8-9-12-16-15(21)17-13(18)10-11-14(19)20/h2-12H2,1H3,(H,19,20)(H2,16,17,18,21). The first-order chi connectivity index (χ1) is 10.1. The van der Waals surface area contributed by atoms with Crippen LogP contribution >= 0.6 is 0 Å². The van der Waals surface area contributed by atoms with Crippen LogP contribution in [0, 0.1) is 0 Å². The van der Waals surface area contributed by atoms with Gasteiger partial charge < -0.3 is 10.4 Å². The number of aliphatic carboxylic acids is 1. The molecule has 6 nitrogen and oxygen atoms in total. The minimum Gasteiger partial charge on any atom is -0.481 e.